The fraction of sp³-hybridized carbons (Fsp3) is 0. The highest BCUT2D eigenvalue weighted by Gasteiger charge is 2.29. The van der Waals surface area contributed by atoms with E-state index in [4.69, 9.17) is 0 Å². The number of aromatic nitrogens is 3. The lowest BCUT2D eigenvalue weighted by atomic mass is 9.97. The molecule has 24 aromatic carbocycles. The number of hydrogen-bond acceptors (Lipinski definition) is 3. The van der Waals surface area contributed by atoms with E-state index in [1.165, 1.54) is 65.7 Å². The zero-order chi connectivity index (χ0) is 92.2. The Balaban J connectivity index is 0.738. The molecule has 654 valence electrons. The van der Waals surface area contributed by atoms with Crippen LogP contribution in [0.25, 0.3) is 203 Å². The Morgan fingerprint density at radius 1 is 0.121 bits per heavy atom. The number of anilines is 9. The van der Waals surface area contributed by atoms with E-state index in [9.17, 15) is 0 Å². The van der Waals surface area contributed by atoms with Gasteiger partial charge in [-0.2, -0.15) is 0 Å². The summed E-state index contributed by atoms with van der Waals surface area (Å²) in [6, 6.07) is 199. The number of rotatable bonds is 18. The van der Waals surface area contributed by atoms with Crippen LogP contribution in [0.4, 0.5) is 51.2 Å². The van der Waals surface area contributed by atoms with Crippen LogP contribution in [-0.2, 0) is 0 Å². The lowest BCUT2D eigenvalue weighted by molar-refractivity contribution is 1.18. The second-order valence-corrected chi connectivity index (χ2v) is 36.7. The number of hydrogen-bond donors (Lipinski definition) is 0. The van der Waals surface area contributed by atoms with E-state index in [1.807, 2.05) is 0 Å². The van der Waals surface area contributed by atoms with Gasteiger partial charge in [0.1, 0.15) is 0 Å². The summed E-state index contributed by atoms with van der Waals surface area (Å²) in [4.78, 5) is 7.61. The van der Waals surface area contributed by atoms with Crippen LogP contribution in [0.3, 0.4) is 0 Å². The van der Waals surface area contributed by atoms with Crippen LogP contribution in [0, 0.1) is 0 Å². The van der Waals surface area contributed by atoms with Crippen molar-refractivity contribution in [3.8, 4) is 83.8 Å². The summed E-state index contributed by atoms with van der Waals surface area (Å²) in [6.45, 7) is 0. The van der Waals surface area contributed by atoms with E-state index in [2.05, 4.69) is 562 Å². The Labute approximate surface area is 810 Å². The van der Waals surface area contributed by atoms with E-state index >= 15 is 0 Å². The minimum Gasteiger partial charge on any atom is -0.310 e. The van der Waals surface area contributed by atoms with Crippen molar-refractivity contribution in [3.63, 3.8) is 0 Å². The maximum absolute atomic E-state index is 2.55. The molecule has 0 aliphatic carbocycles. The first-order valence-electron chi connectivity index (χ1n) is 48.1. The van der Waals surface area contributed by atoms with Gasteiger partial charge in [0.25, 0.3) is 0 Å². The summed E-state index contributed by atoms with van der Waals surface area (Å²) < 4.78 is 7.40. The highest BCUT2D eigenvalue weighted by Crippen LogP contribution is 2.53. The Morgan fingerprint density at radius 2 is 0.350 bits per heavy atom. The second kappa shape index (κ2) is 33.8. The first-order valence-corrected chi connectivity index (χ1v) is 48.1. The van der Waals surface area contributed by atoms with E-state index < -0.39 is 0 Å². The normalized spacial score (nSPS) is 11.7. The zero-order valence-corrected chi connectivity index (χ0v) is 76.5. The maximum Gasteiger partial charge on any atom is 0.0542 e. The van der Waals surface area contributed by atoms with Gasteiger partial charge in [0, 0.05) is 82.9 Å². The number of para-hydroxylation sites is 1. The quantitative estimate of drug-likeness (QED) is 0.0856. The van der Waals surface area contributed by atoms with Crippen molar-refractivity contribution in [1.82, 2.24) is 13.7 Å². The van der Waals surface area contributed by atoms with Gasteiger partial charge < -0.3 is 28.4 Å². The first-order chi connectivity index (χ1) is 69.4. The van der Waals surface area contributed by atoms with Gasteiger partial charge in [-0.1, -0.05) is 364 Å². The molecule has 6 heteroatoms. The molecule has 0 N–H and O–H groups in total. The third kappa shape index (κ3) is 13.9. The van der Waals surface area contributed by atoms with E-state index in [1.54, 1.807) is 0 Å². The minimum atomic E-state index is 0.933. The molecule has 0 aliphatic heterocycles. The fourth-order valence-corrected chi connectivity index (χ4v) is 22.2. The van der Waals surface area contributed by atoms with Gasteiger partial charge in [0.2, 0.25) is 0 Å². The first kappa shape index (κ1) is 81.0. The highest BCUT2D eigenvalue weighted by atomic mass is 15.2. The Morgan fingerprint density at radius 3 is 0.671 bits per heavy atom. The molecular weight excluding hydrogens is 1690 g/mol. The van der Waals surface area contributed by atoms with Gasteiger partial charge in [-0.15, -0.1) is 0 Å². The summed E-state index contributed by atoms with van der Waals surface area (Å²) in [5.41, 5.74) is 32.6. The molecule has 27 rings (SSSR count). The van der Waals surface area contributed by atoms with Crippen LogP contribution in [0.1, 0.15) is 0 Å². The molecule has 3 aromatic heterocycles. The third-order valence-electron chi connectivity index (χ3n) is 28.7. The third-order valence-corrected chi connectivity index (χ3v) is 28.7. The van der Waals surface area contributed by atoms with E-state index in [0.717, 1.165) is 189 Å². The lowest BCUT2D eigenvalue weighted by Gasteiger charge is -2.33. The minimum absolute atomic E-state index is 0.933. The van der Waals surface area contributed by atoms with Crippen LogP contribution in [0.2, 0.25) is 0 Å². The number of nitrogens with zero attached hydrogens (tertiary/aromatic N) is 6. The van der Waals surface area contributed by atoms with E-state index in [0.29, 0.717) is 0 Å². The zero-order valence-electron chi connectivity index (χ0n) is 76.5. The highest BCUT2D eigenvalue weighted by molar-refractivity contribution is 6.18. The molecule has 0 saturated heterocycles. The molecule has 27 aromatic rings. The van der Waals surface area contributed by atoms with Crippen molar-refractivity contribution in [2.75, 3.05) is 14.7 Å². The molecule has 0 aliphatic rings. The van der Waals surface area contributed by atoms with Crippen LogP contribution < -0.4 is 14.7 Å². The van der Waals surface area contributed by atoms with Crippen molar-refractivity contribution in [1.29, 1.82) is 0 Å². The van der Waals surface area contributed by atoms with Crippen LogP contribution in [0.15, 0.2) is 534 Å². The summed E-state index contributed by atoms with van der Waals surface area (Å²) in [5, 5.41) is 18.4. The molecule has 0 bridgehead atoms. The largest absolute Gasteiger partial charge is 0.310 e. The van der Waals surface area contributed by atoms with E-state index in [-0.39, 0.29) is 0 Å². The molecule has 0 radical (unpaired) electrons. The molecule has 0 atom stereocenters. The summed E-state index contributed by atoms with van der Waals surface area (Å²) >= 11 is 0. The maximum atomic E-state index is 2.55. The molecule has 140 heavy (non-hydrogen) atoms. The molecule has 0 saturated carbocycles. The monoisotopic (exact) mass is 1780 g/mol. The topological polar surface area (TPSA) is 24.5 Å². The van der Waals surface area contributed by atoms with Gasteiger partial charge in [-0.05, 0) is 280 Å². The molecule has 6 nitrogen and oxygen atoms in total. The second-order valence-electron chi connectivity index (χ2n) is 36.7. The Bertz CT molecular complexity index is 9140. The number of fused-ring (bicyclic) bond motifs is 14. The summed E-state index contributed by atoms with van der Waals surface area (Å²) in [7, 11) is 0. The predicted octanol–water partition coefficient (Wildman–Crippen LogP) is 37.2. The molecule has 3 heterocycles. The van der Waals surface area contributed by atoms with Gasteiger partial charge in [-0.3, -0.25) is 0 Å². The standard InChI is InChI=1S/C134H88N6/c1-5-28-89(29-6-1)92-56-65-104(66-57-92)138-129-74-62-100(116-51-23-39-95-34-13-18-46-113(95)116)80-121(129)124-86-107(71-77-132(124)138)135(103-44-11-4-12-45-103)110-83-111(136(127-54-26-42-98-37-16-21-49-119(98)127)108-72-78-133-125(87-108)122-81-101(117-52-24-40-96-35-14-19-47-114(96)117)63-75-130(122)139(133)105-67-58-93(59-68-105)90-30-7-2-8-31-90)85-112(84-110)137(128-55-27-43-99-38-17-22-50-120(99)128)109-73-79-134-126(88-109)123-82-102(118-53-25-41-97-36-15-20-48-115(97)118)64-76-131(123)140(134)106-69-60-94(61-70-106)91-32-9-3-10-33-91/h1-88H. The van der Waals surface area contributed by atoms with Gasteiger partial charge >= 0.3 is 0 Å². The fourth-order valence-electron chi connectivity index (χ4n) is 22.2. The average molecular weight is 1780 g/mol. The van der Waals surface area contributed by atoms with Gasteiger partial charge in [-0.25, -0.2) is 0 Å². The van der Waals surface area contributed by atoms with Crippen molar-refractivity contribution >= 4 is 170 Å². The Kier molecular flexibility index (Phi) is 19.5. The Hall–Kier alpha value is -18.6. The average Bonchev–Trinajstić information content (AvgIpc) is 1.59. The van der Waals surface area contributed by atoms with Gasteiger partial charge in [0.05, 0.1) is 61.5 Å². The molecule has 0 unspecified atom stereocenters. The lowest BCUT2D eigenvalue weighted by Crippen LogP contribution is -2.16. The summed E-state index contributed by atoms with van der Waals surface area (Å²) in [6.07, 6.45) is 0. The van der Waals surface area contributed by atoms with Crippen molar-refractivity contribution in [2.24, 2.45) is 0 Å². The number of benzene rings is 24. The van der Waals surface area contributed by atoms with Crippen molar-refractivity contribution < 1.29 is 0 Å². The molecule has 0 spiro atoms. The molecular formula is C134H88N6. The summed E-state index contributed by atoms with van der Waals surface area (Å²) in [5.74, 6) is 0. The smallest absolute Gasteiger partial charge is 0.0542 e. The SMILES string of the molecule is c1ccc(-c2ccc(-n3c4ccc(-c5cccc6ccccc56)cc4c4cc(N(c5ccccc5)c5cc(N(c6ccc7c(c6)c6cc(-c8cccc9ccccc89)ccc6n7-c6ccc(-c7ccccc7)cc6)c6cccc7ccccc67)cc(N(c6ccc7c(c6)c6cc(-c8cccc9ccccc89)ccc6n7-c6ccc(-c7ccccc7)cc6)c6cccc7ccccc67)c5)ccc43)cc2)cc1. The van der Waals surface area contributed by atoms with Crippen molar-refractivity contribution in [2.45, 2.75) is 0 Å². The molecule has 0 fully saturated rings. The van der Waals surface area contributed by atoms with Crippen LogP contribution in [-0.4, -0.2) is 13.7 Å². The molecule has 0 amide bonds. The van der Waals surface area contributed by atoms with Crippen molar-refractivity contribution in [3.05, 3.63) is 534 Å². The van der Waals surface area contributed by atoms with Crippen LogP contribution >= 0.6 is 0 Å². The predicted molar refractivity (Wildman–Crippen MR) is 594 cm³/mol. The van der Waals surface area contributed by atoms with Crippen LogP contribution in [0.5, 0.6) is 0 Å². The van der Waals surface area contributed by atoms with Gasteiger partial charge in [0.15, 0.2) is 0 Å².